The lowest BCUT2D eigenvalue weighted by Crippen LogP contribution is -2.58. The zero-order chi connectivity index (χ0) is 15.8. The Kier molecular flexibility index (Phi) is 4.35. The minimum atomic E-state index is -6.14. The molecule has 0 saturated carbocycles. The fourth-order valence-electron chi connectivity index (χ4n) is 1.48. The van der Waals surface area contributed by atoms with Gasteiger partial charge in [-0.2, -0.15) is 26.3 Å². The molecular weight excluding hydrogens is 300 g/mol. The number of nitrogens with one attached hydrogen (secondary N) is 1. The number of halogens is 8. The van der Waals surface area contributed by atoms with Gasteiger partial charge in [0.05, 0.1) is 13.0 Å². The zero-order valence-corrected chi connectivity index (χ0v) is 10.1. The molecule has 1 rings (SSSR count). The van der Waals surface area contributed by atoms with Crippen molar-refractivity contribution in [3.63, 3.8) is 0 Å². The Morgan fingerprint density at radius 3 is 2.10 bits per heavy atom. The van der Waals surface area contributed by atoms with Crippen molar-refractivity contribution in [3.05, 3.63) is 18.2 Å². The standard InChI is InChI=1S/C10H10F8N2/c1-6-19-3-5-20(6)4-2-8(13,14)10(17,18)9(15,16)7(11)12/h3,5,7H,2,4H2,1H3/p+1. The quantitative estimate of drug-likeness (QED) is 0.615. The predicted molar refractivity (Wildman–Crippen MR) is 51.2 cm³/mol. The summed E-state index contributed by atoms with van der Waals surface area (Å²) in [7, 11) is 0. The van der Waals surface area contributed by atoms with E-state index in [9.17, 15) is 35.1 Å². The van der Waals surface area contributed by atoms with Crippen LogP contribution in [-0.2, 0) is 6.54 Å². The summed E-state index contributed by atoms with van der Waals surface area (Å²) >= 11 is 0. The van der Waals surface area contributed by atoms with Crippen LogP contribution in [0.5, 0.6) is 0 Å². The van der Waals surface area contributed by atoms with Crippen LogP contribution >= 0.6 is 0 Å². The number of rotatable bonds is 6. The number of alkyl halides is 8. The molecule has 1 N–H and O–H groups in total. The zero-order valence-electron chi connectivity index (χ0n) is 10.1. The maximum atomic E-state index is 13.2. The monoisotopic (exact) mass is 311 g/mol. The van der Waals surface area contributed by atoms with E-state index in [0.717, 1.165) is 4.57 Å². The first-order valence-corrected chi connectivity index (χ1v) is 5.38. The molecule has 0 aliphatic carbocycles. The summed E-state index contributed by atoms with van der Waals surface area (Å²) in [5, 5.41) is 0. The Balaban J connectivity index is 2.89. The van der Waals surface area contributed by atoms with Gasteiger partial charge in [-0.05, 0) is 0 Å². The van der Waals surface area contributed by atoms with Crippen molar-refractivity contribution in [2.24, 2.45) is 0 Å². The third kappa shape index (κ3) is 2.73. The second kappa shape index (κ2) is 5.21. The number of aryl methyl sites for hydroxylation is 2. The largest absolute Gasteiger partial charge is 0.378 e. The van der Waals surface area contributed by atoms with Gasteiger partial charge >= 0.3 is 24.2 Å². The van der Waals surface area contributed by atoms with Gasteiger partial charge < -0.3 is 0 Å². The summed E-state index contributed by atoms with van der Waals surface area (Å²) in [6.07, 6.45) is -4.04. The lowest BCUT2D eigenvalue weighted by Gasteiger charge is -2.31. The van der Waals surface area contributed by atoms with Gasteiger partial charge in [0.15, 0.2) is 0 Å². The molecule has 10 heteroatoms. The topological polar surface area (TPSA) is 19.7 Å². The normalized spacial score (nSPS) is 14.1. The summed E-state index contributed by atoms with van der Waals surface area (Å²) in [5.41, 5.74) is 0. The van der Waals surface area contributed by atoms with Gasteiger partial charge in [0.1, 0.15) is 12.4 Å². The highest BCUT2D eigenvalue weighted by atomic mass is 19.4. The number of H-pyrrole nitrogens is 1. The van der Waals surface area contributed by atoms with Gasteiger partial charge in [-0.3, -0.25) is 0 Å². The van der Waals surface area contributed by atoms with E-state index < -0.39 is 37.2 Å². The number of imidazole rings is 1. The molecule has 0 spiro atoms. The number of aromatic nitrogens is 2. The Labute approximate surface area is 108 Å². The first-order valence-electron chi connectivity index (χ1n) is 5.38. The highest BCUT2D eigenvalue weighted by molar-refractivity contribution is 4.97. The molecule has 0 fully saturated rings. The number of aromatic amines is 1. The molecule has 0 aliphatic heterocycles. The summed E-state index contributed by atoms with van der Waals surface area (Å²) in [6, 6.07) is 0. The van der Waals surface area contributed by atoms with Gasteiger partial charge in [-0.1, -0.05) is 0 Å². The van der Waals surface area contributed by atoms with Crippen LogP contribution in [0.1, 0.15) is 12.2 Å². The third-order valence-electron chi connectivity index (χ3n) is 2.80. The lowest BCUT2D eigenvalue weighted by atomic mass is 10.0. The number of hydrogen-bond acceptors (Lipinski definition) is 0. The highest BCUT2D eigenvalue weighted by Gasteiger charge is 2.74. The van der Waals surface area contributed by atoms with Crippen molar-refractivity contribution >= 4 is 0 Å². The van der Waals surface area contributed by atoms with Crippen molar-refractivity contribution in [1.29, 1.82) is 0 Å². The van der Waals surface area contributed by atoms with Crippen LogP contribution in [0, 0.1) is 6.92 Å². The van der Waals surface area contributed by atoms with Crippen LogP contribution in [0.3, 0.4) is 0 Å². The molecule has 0 radical (unpaired) electrons. The molecule has 0 bridgehead atoms. The van der Waals surface area contributed by atoms with Crippen molar-refractivity contribution in [1.82, 2.24) is 4.98 Å². The minimum absolute atomic E-state index is 0.324. The minimum Gasteiger partial charge on any atom is -0.248 e. The number of nitrogens with zero attached hydrogens (tertiary/aromatic N) is 1. The summed E-state index contributed by atoms with van der Waals surface area (Å²) in [4.78, 5) is 2.55. The maximum absolute atomic E-state index is 13.2. The van der Waals surface area contributed by atoms with Crippen LogP contribution in [0.2, 0.25) is 0 Å². The average molecular weight is 311 g/mol. The fourth-order valence-corrected chi connectivity index (χ4v) is 1.48. The van der Waals surface area contributed by atoms with E-state index in [0.29, 0.717) is 5.82 Å². The molecule has 1 aromatic heterocycles. The van der Waals surface area contributed by atoms with Crippen molar-refractivity contribution in [3.8, 4) is 0 Å². The molecule has 1 heterocycles. The molecule has 116 valence electrons. The van der Waals surface area contributed by atoms with E-state index in [1.165, 1.54) is 19.3 Å². The Hall–Kier alpha value is -1.35. The smallest absolute Gasteiger partial charge is 0.248 e. The second-order valence-corrected chi connectivity index (χ2v) is 4.19. The van der Waals surface area contributed by atoms with Crippen LogP contribution in [-0.4, -0.2) is 29.2 Å². The second-order valence-electron chi connectivity index (χ2n) is 4.19. The number of hydrogen-bond donors (Lipinski definition) is 1. The summed E-state index contributed by atoms with van der Waals surface area (Å²) in [6.45, 7) is 0.710. The molecule has 0 atom stereocenters. The average Bonchev–Trinajstić information content (AvgIpc) is 2.71. The molecule has 20 heavy (non-hydrogen) atoms. The third-order valence-corrected chi connectivity index (χ3v) is 2.80. The molecule has 0 aromatic carbocycles. The van der Waals surface area contributed by atoms with Gasteiger partial charge in [-0.25, -0.2) is 18.3 Å². The molecule has 2 nitrogen and oxygen atoms in total. The molecule has 0 amide bonds. The van der Waals surface area contributed by atoms with Gasteiger partial charge in [0, 0.05) is 6.92 Å². The van der Waals surface area contributed by atoms with Crippen LogP contribution in [0.4, 0.5) is 35.1 Å². The Morgan fingerprint density at radius 2 is 1.70 bits per heavy atom. The van der Waals surface area contributed by atoms with Crippen molar-refractivity contribution in [2.45, 2.75) is 44.1 Å². The Bertz CT molecular complexity index is 454. The van der Waals surface area contributed by atoms with E-state index in [1.807, 2.05) is 0 Å². The van der Waals surface area contributed by atoms with Crippen molar-refractivity contribution in [2.75, 3.05) is 0 Å². The molecule has 0 aliphatic rings. The predicted octanol–water partition coefficient (Wildman–Crippen LogP) is 3.17. The van der Waals surface area contributed by atoms with Crippen LogP contribution < -0.4 is 4.57 Å². The van der Waals surface area contributed by atoms with E-state index in [2.05, 4.69) is 4.98 Å². The maximum Gasteiger partial charge on any atom is 0.378 e. The van der Waals surface area contributed by atoms with Gasteiger partial charge in [0.25, 0.3) is 5.82 Å². The van der Waals surface area contributed by atoms with E-state index in [-0.39, 0.29) is 0 Å². The molecule has 1 aromatic rings. The molecular formula is C10H11F8N2+. The fraction of sp³-hybridized carbons (Fsp3) is 0.700. The highest BCUT2D eigenvalue weighted by Crippen LogP contribution is 2.49. The Morgan fingerprint density at radius 1 is 1.15 bits per heavy atom. The summed E-state index contributed by atoms with van der Waals surface area (Å²) < 4.78 is 102. The van der Waals surface area contributed by atoms with E-state index in [1.54, 1.807) is 0 Å². The van der Waals surface area contributed by atoms with Crippen molar-refractivity contribution < 1.29 is 39.7 Å². The van der Waals surface area contributed by atoms with Crippen LogP contribution in [0.25, 0.3) is 0 Å². The lowest BCUT2D eigenvalue weighted by molar-refractivity contribution is -0.704. The van der Waals surface area contributed by atoms with E-state index >= 15 is 0 Å². The van der Waals surface area contributed by atoms with Crippen LogP contribution in [0.15, 0.2) is 12.4 Å². The van der Waals surface area contributed by atoms with Gasteiger partial charge in [0.2, 0.25) is 0 Å². The molecule has 0 unspecified atom stereocenters. The first kappa shape index (κ1) is 16.7. The SMILES string of the molecule is Cc1[nH]cc[n+]1CCC(F)(F)C(F)(F)C(F)(F)C(F)F. The molecule has 0 saturated heterocycles. The summed E-state index contributed by atoms with van der Waals surface area (Å²) in [5.74, 6) is -17.2. The van der Waals surface area contributed by atoms with Gasteiger partial charge in [-0.15, -0.1) is 0 Å². The van der Waals surface area contributed by atoms with E-state index in [4.69, 9.17) is 0 Å². The first-order chi connectivity index (χ1) is 8.93.